The maximum atomic E-state index is 5.57. The molecule has 6 heteroatoms. The van der Waals surface area contributed by atoms with Crippen LogP contribution in [-0.4, -0.2) is 45.9 Å². The number of aliphatic imine (C=N–C) groups is 2. The number of amidine groups is 2. The van der Waals surface area contributed by atoms with Crippen LogP contribution in [0.3, 0.4) is 0 Å². The fourth-order valence-corrected chi connectivity index (χ4v) is 10.5. The summed E-state index contributed by atoms with van der Waals surface area (Å²) in [6, 6.07) is 49.5. The minimum absolute atomic E-state index is 0.425. The third kappa shape index (κ3) is 8.14. The quantitative estimate of drug-likeness (QED) is 0.122. The zero-order chi connectivity index (χ0) is 44.3. The molecule has 4 heterocycles. The van der Waals surface area contributed by atoms with Crippen LogP contribution in [-0.2, 0) is 6.42 Å². The normalized spacial score (nSPS) is 16.8. The number of para-hydroxylation sites is 1. The van der Waals surface area contributed by atoms with E-state index in [1.165, 1.54) is 58.7 Å². The molecule has 1 aliphatic carbocycles. The van der Waals surface area contributed by atoms with Crippen molar-refractivity contribution in [2.75, 3.05) is 13.6 Å². The van der Waals surface area contributed by atoms with Gasteiger partial charge in [0.25, 0.3) is 0 Å². The molecule has 0 radical (unpaired) electrons. The second-order valence-electron chi connectivity index (χ2n) is 16.6. The molecule has 0 fully saturated rings. The number of allylic oxidation sites excluding steroid dienone is 11. The predicted octanol–water partition coefficient (Wildman–Crippen LogP) is 12.3. The molecule has 0 amide bonds. The maximum absolute atomic E-state index is 5.57. The number of rotatable bonds is 11. The van der Waals surface area contributed by atoms with Gasteiger partial charge in [-0.25, -0.2) is 9.98 Å². The van der Waals surface area contributed by atoms with Gasteiger partial charge in [-0.05, 0) is 96.5 Å². The zero-order valence-electron chi connectivity index (χ0n) is 37.1. The largest absolute Gasteiger partial charge is 0.328 e. The Labute approximate surface area is 385 Å². The highest BCUT2D eigenvalue weighted by Gasteiger charge is 2.35. The van der Waals surface area contributed by atoms with E-state index in [1.54, 1.807) is 0 Å². The maximum Gasteiger partial charge on any atom is 0.202 e. The molecule has 0 N–H and O–H groups in total. The Kier molecular flexibility index (Phi) is 11.7. The molecule has 1 atom stereocenters. The summed E-state index contributed by atoms with van der Waals surface area (Å²) in [4.78, 5) is 17.0. The summed E-state index contributed by atoms with van der Waals surface area (Å²) < 4.78 is 3.69. The first-order chi connectivity index (χ1) is 32.0. The number of benzene rings is 5. The molecule has 2 bridgehead atoms. The first-order valence-electron chi connectivity index (χ1n) is 22.4. The molecule has 0 saturated heterocycles. The summed E-state index contributed by atoms with van der Waals surface area (Å²) >= 11 is 1.86. The van der Waals surface area contributed by atoms with E-state index in [9.17, 15) is 0 Å². The number of nitrogens with zero attached hydrogens (tertiary/aromatic N) is 5. The lowest BCUT2D eigenvalue weighted by Crippen LogP contribution is -2.51. The van der Waals surface area contributed by atoms with E-state index in [1.807, 2.05) is 29.5 Å². The van der Waals surface area contributed by atoms with Gasteiger partial charge in [0.15, 0.2) is 5.84 Å². The van der Waals surface area contributed by atoms with Crippen molar-refractivity contribution in [1.29, 1.82) is 0 Å². The molecule has 1 unspecified atom stereocenters. The SMILES string of the molecule is C=CC1=C(/C=C\C)N(C2N=C(c3ccccc3)N=C(c3ccc4sc(Cc5ccccc5)cc4c3)N2C)CC2=c3c(n(C(/C=C\C=C\c4ccccc4)=C/C)c4ccccc34)=CC=C1C2. The highest BCUT2D eigenvalue weighted by molar-refractivity contribution is 7.19. The van der Waals surface area contributed by atoms with Gasteiger partial charge >= 0.3 is 0 Å². The van der Waals surface area contributed by atoms with Crippen LogP contribution in [0.2, 0.25) is 0 Å². The first-order valence-corrected chi connectivity index (χ1v) is 23.2. The second-order valence-corrected chi connectivity index (χ2v) is 17.7. The lowest BCUT2D eigenvalue weighted by atomic mass is 9.97. The Morgan fingerprint density at radius 2 is 1.55 bits per heavy atom. The fourth-order valence-electron chi connectivity index (χ4n) is 9.43. The van der Waals surface area contributed by atoms with Crippen LogP contribution in [0.1, 0.15) is 47.4 Å². The fraction of sp³-hybridized carbons (Fsp3) is 0.119. The van der Waals surface area contributed by atoms with Crippen LogP contribution in [0.15, 0.2) is 222 Å². The van der Waals surface area contributed by atoms with E-state index in [-0.39, 0.29) is 0 Å². The number of hydrogen-bond acceptors (Lipinski definition) is 5. The van der Waals surface area contributed by atoms with Gasteiger partial charge in [0.1, 0.15) is 5.84 Å². The Morgan fingerprint density at radius 1 is 0.800 bits per heavy atom. The Bertz CT molecular complexity index is 3330. The smallest absolute Gasteiger partial charge is 0.202 e. The highest BCUT2D eigenvalue weighted by Crippen LogP contribution is 2.36. The molecule has 3 aliphatic rings. The zero-order valence-corrected chi connectivity index (χ0v) is 37.9. The number of thiophene rings is 1. The van der Waals surface area contributed by atoms with E-state index in [0.717, 1.165) is 46.8 Å². The monoisotopic (exact) mass is 861 g/mol. The first kappa shape index (κ1) is 41.5. The third-order valence-corrected chi connectivity index (χ3v) is 13.6. The van der Waals surface area contributed by atoms with Crippen LogP contribution in [0.25, 0.3) is 44.4 Å². The minimum atomic E-state index is -0.425. The van der Waals surface area contributed by atoms with E-state index >= 15 is 0 Å². The molecular weight excluding hydrogens is 811 g/mol. The lowest BCUT2D eigenvalue weighted by Gasteiger charge is -2.41. The molecule has 7 aromatic rings. The second kappa shape index (κ2) is 18.3. The summed E-state index contributed by atoms with van der Waals surface area (Å²) in [5.74, 6) is 1.59. The average Bonchev–Trinajstić information content (AvgIpc) is 3.79. The van der Waals surface area contributed by atoms with Gasteiger partial charge in [-0.3, -0.25) is 0 Å². The minimum Gasteiger partial charge on any atom is -0.328 e. The van der Waals surface area contributed by atoms with Gasteiger partial charge in [0.05, 0.1) is 10.9 Å². The van der Waals surface area contributed by atoms with Gasteiger partial charge in [0.2, 0.25) is 6.29 Å². The average molecular weight is 862 g/mol. The van der Waals surface area contributed by atoms with E-state index in [2.05, 4.69) is 224 Å². The van der Waals surface area contributed by atoms with Crippen molar-refractivity contribution >= 4 is 67.4 Å². The number of aromatic nitrogens is 1. The van der Waals surface area contributed by atoms with E-state index in [4.69, 9.17) is 9.98 Å². The molecule has 5 aromatic carbocycles. The van der Waals surface area contributed by atoms with Crippen LogP contribution in [0.5, 0.6) is 0 Å². The van der Waals surface area contributed by atoms with Gasteiger partial charge in [-0.2, -0.15) is 0 Å². The molecule has 2 aliphatic heterocycles. The van der Waals surface area contributed by atoms with Crippen molar-refractivity contribution in [3.63, 3.8) is 0 Å². The van der Waals surface area contributed by atoms with Crippen molar-refractivity contribution in [2.45, 2.75) is 33.0 Å². The molecule has 65 heavy (non-hydrogen) atoms. The third-order valence-electron chi connectivity index (χ3n) is 12.4. The van der Waals surface area contributed by atoms with Gasteiger partial charge in [-0.1, -0.05) is 158 Å². The molecule has 0 spiro atoms. The van der Waals surface area contributed by atoms with Crippen LogP contribution >= 0.6 is 11.3 Å². The van der Waals surface area contributed by atoms with Crippen LogP contribution < -0.4 is 10.6 Å². The summed E-state index contributed by atoms with van der Waals surface area (Å²) in [6.45, 7) is 9.30. The van der Waals surface area contributed by atoms with Crippen molar-refractivity contribution in [1.82, 2.24) is 14.4 Å². The van der Waals surface area contributed by atoms with Crippen LogP contribution in [0, 0.1) is 0 Å². The van der Waals surface area contributed by atoms with Gasteiger partial charge < -0.3 is 14.4 Å². The standard InChI is InChI=1S/C59H51N5S/c1-5-21-52-50(7-3)44-32-34-54-56(51-30-19-20-31-53(51)64(54)48(6-2)29-18-17-24-41-22-11-8-12-23-41)47(37-44)40-63(52)59-61-57(43-27-15-10-16-28-43)60-58(62(59)4)45-33-35-55-46(38-45)39-49(65-55)36-42-25-13-9-14-26-42/h5-35,38-39,59H,3,36-37,40H2,1-2,4H3/b21-5-,24-17+,29-18-,48-6+. The van der Waals surface area contributed by atoms with Crippen molar-refractivity contribution in [2.24, 2.45) is 9.98 Å². The lowest BCUT2D eigenvalue weighted by molar-refractivity contribution is 0.170. The summed E-state index contributed by atoms with van der Waals surface area (Å²) in [5, 5.41) is 4.89. The highest BCUT2D eigenvalue weighted by atomic mass is 32.1. The number of hydrogen-bond donors (Lipinski definition) is 0. The molecule has 10 rings (SSSR count). The topological polar surface area (TPSA) is 36.1 Å². The van der Waals surface area contributed by atoms with E-state index in [0.29, 0.717) is 12.4 Å². The van der Waals surface area contributed by atoms with Gasteiger partial charge in [0, 0.05) is 68.3 Å². The van der Waals surface area contributed by atoms with Crippen molar-refractivity contribution < 1.29 is 0 Å². The van der Waals surface area contributed by atoms with Crippen molar-refractivity contribution in [3.8, 4) is 0 Å². The summed E-state index contributed by atoms with van der Waals surface area (Å²) in [7, 11) is 2.14. The summed E-state index contributed by atoms with van der Waals surface area (Å²) in [5.41, 5.74) is 11.6. The van der Waals surface area contributed by atoms with Crippen molar-refractivity contribution in [3.05, 3.63) is 249 Å². The number of fused-ring (bicyclic) bond motifs is 6. The summed E-state index contributed by atoms with van der Waals surface area (Å²) in [6.07, 6.45) is 23.1. The molecule has 5 nitrogen and oxygen atoms in total. The van der Waals surface area contributed by atoms with E-state index < -0.39 is 6.29 Å². The molecule has 0 saturated carbocycles. The molecule has 318 valence electrons. The Balaban J connectivity index is 1.11. The molecule has 2 aromatic heterocycles. The van der Waals surface area contributed by atoms with Gasteiger partial charge in [-0.15, -0.1) is 11.3 Å². The van der Waals surface area contributed by atoms with Crippen LogP contribution in [0.4, 0.5) is 0 Å². The molecular formula is C59H51N5S. The Hall–Kier alpha value is -7.54. The Morgan fingerprint density at radius 3 is 2.32 bits per heavy atom. The predicted molar refractivity (Wildman–Crippen MR) is 277 cm³/mol.